The van der Waals surface area contributed by atoms with E-state index in [1.54, 1.807) is 0 Å². The van der Waals surface area contributed by atoms with Crippen molar-refractivity contribution < 1.29 is 9.47 Å². The van der Waals surface area contributed by atoms with Gasteiger partial charge in [0.25, 0.3) is 0 Å². The molecule has 0 aromatic heterocycles. The summed E-state index contributed by atoms with van der Waals surface area (Å²) in [4.78, 5) is 0. The van der Waals surface area contributed by atoms with Crippen molar-refractivity contribution in [2.75, 3.05) is 19.8 Å². The van der Waals surface area contributed by atoms with E-state index in [1.165, 1.54) is 38.5 Å². The summed E-state index contributed by atoms with van der Waals surface area (Å²) in [5.74, 6) is 0.849. The summed E-state index contributed by atoms with van der Waals surface area (Å²) >= 11 is 0. The van der Waals surface area contributed by atoms with Gasteiger partial charge in [-0.15, -0.1) is 0 Å². The minimum absolute atomic E-state index is 0.131. The Hall–Kier alpha value is -0.120. The minimum atomic E-state index is 0.131. The normalized spacial score (nSPS) is 39.3. The van der Waals surface area contributed by atoms with Gasteiger partial charge in [0.15, 0.2) is 0 Å². The van der Waals surface area contributed by atoms with Crippen LogP contribution in [0.1, 0.15) is 58.3 Å². The van der Waals surface area contributed by atoms with E-state index < -0.39 is 0 Å². The highest BCUT2D eigenvalue weighted by atomic mass is 16.5. The van der Waals surface area contributed by atoms with Gasteiger partial charge in [-0.2, -0.15) is 0 Å². The van der Waals surface area contributed by atoms with Gasteiger partial charge in [0.1, 0.15) is 0 Å². The largest absolute Gasteiger partial charge is 0.381 e. The van der Waals surface area contributed by atoms with E-state index in [0.717, 1.165) is 44.6 Å². The van der Waals surface area contributed by atoms with Crippen LogP contribution < -0.4 is 5.32 Å². The third-order valence-electron chi connectivity index (χ3n) is 5.46. The Morgan fingerprint density at radius 3 is 2.58 bits per heavy atom. The monoisotopic (exact) mass is 267 g/mol. The molecular weight excluding hydrogens is 238 g/mol. The van der Waals surface area contributed by atoms with Crippen LogP contribution in [-0.4, -0.2) is 37.5 Å². The predicted octanol–water partition coefficient (Wildman–Crippen LogP) is 2.88. The summed E-state index contributed by atoms with van der Waals surface area (Å²) in [6.07, 6.45) is 10.2. The second-order valence-corrected chi connectivity index (χ2v) is 6.87. The molecule has 1 spiro atoms. The zero-order valence-corrected chi connectivity index (χ0v) is 12.3. The molecule has 2 heterocycles. The quantitative estimate of drug-likeness (QED) is 0.834. The molecule has 3 unspecified atom stereocenters. The fourth-order valence-electron chi connectivity index (χ4n) is 4.13. The molecule has 3 rings (SSSR count). The molecule has 3 fully saturated rings. The molecule has 3 nitrogen and oxygen atoms in total. The summed E-state index contributed by atoms with van der Waals surface area (Å²) in [5.41, 5.74) is 0.131. The fraction of sp³-hybridized carbons (Fsp3) is 1.00. The second-order valence-electron chi connectivity index (χ2n) is 6.87. The van der Waals surface area contributed by atoms with Crippen LogP contribution in [0, 0.1) is 5.92 Å². The topological polar surface area (TPSA) is 30.5 Å². The van der Waals surface area contributed by atoms with Crippen molar-refractivity contribution in [3.8, 4) is 0 Å². The molecule has 110 valence electrons. The Balaban J connectivity index is 1.55. The first kappa shape index (κ1) is 13.8. The lowest BCUT2D eigenvalue weighted by Crippen LogP contribution is -2.53. The van der Waals surface area contributed by atoms with E-state index >= 15 is 0 Å². The van der Waals surface area contributed by atoms with Crippen molar-refractivity contribution in [2.45, 2.75) is 76.0 Å². The lowest BCUT2D eigenvalue weighted by molar-refractivity contribution is -0.141. The number of rotatable bonds is 2. The fourth-order valence-corrected chi connectivity index (χ4v) is 4.13. The van der Waals surface area contributed by atoms with Crippen LogP contribution in [0.15, 0.2) is 0 Å². The van der Waals surface area contributed by atoms with E-state index in [0.29, 0.717) is 6.04 Å². The molecule has 0 bridgehead atoms. The van der Waals surface area contributed by atoms with Crippen LogP contribution in [0.25, 0.3) is 0 Å². The third-order valence-corrected chi connectivity index (χ3v) is 5.46. The predicted molar refractivity (Wildman–Crippen MR) is 76.3 cm³/mol. The number of nitrogens with one attached hydrogen (secondary N) is 1. The van der Waals surface area contributed by atoms with Crippen molar-refractivity contribution in [3.05, 3.63) is 0 Å². The van der Waals surface area contributed by atoms with Gasteiger partial charge >= 0.3 is 0 Å². The molecule has 1 aliphatic carbocycles. The summed E-state index contributed by atoms with van der Waals surface area (Å²) in [6.45, 7) is 5.11. The molecule has 1 saturated carbocycles. The summed E-state index contributed by atoms with van der Waals surface area (Å²) in [6, 6.07) is 1.41. The van der Waals surface area contributed by atoms with Crippen molar-refractivity contribution in [2.24, 2.45) is 5.92 Å². The minimum Gasteiger partial charge on any atom is -0.381 e. The van der Waals surface area contributed by atoms with E-state index in [2.05, 4.69) is 12.2 Å². The van der Waals surface area contributed by atoms with Gasteiger partial charge in [-0.1, -0.05) is 19.8 Å². The maximum absolute atomic E-state index is 6.13. The highest BCUT2D eigenvalue weighted by Gasteiger charge is 2.39. The standard InChI is InChI=1S/C16H29NO2/c1-13-4-2-3-5-15(13)17-14-6-9-19-16(12-14)7-10-18-11-8-16/h13-15,17H,2-12H2,1H3. The van der Waals surface area contributed by atoms with Crippen LogP contribution in [0.4, 0.5) is 0 Å². The van der Waals surface area contributed by atoms with Gasteiger partial charge in [0, 0.05) is 31.9 Å². The van der Waals surface area contributed by atoms with E-state index in [4.69, 9.17) is 9.47 Å². The van der Waals surface area contributed by atoms with Gasteiger partial charge in [-0.3, -0.25) is 0 Å². The summed E-state index contributed by atoms with van der Waals surface area (Å²) in [5, 5.41) is 3.96. The van der Waals surface area contributed by atoms with Crippen LogP contribution in [0.3, 0.4) is 0 Å². The molecular formula is C16H29NO2. The summed E-state index contributed by atoms with van der Waals surface area (Å²) < 4.78 is 11.6. The molecule has 2 aliphatic heterocycles. The van der Waals surface area contributed by atoms with Gasteiger partial charge in [-0.25, -0.2) is 0 Å². The second kappa shape index (κ2) is 6.11. The van der Waals surface area contributed by atoms with Gasteiger partial charge in [0.2, 0.25) is 0 Å². The average molecular weight is 267 g/mol. The van der Waals surface area contributed by atoms with Crippen LogP contribution in [0.2, 0.25) is 0 Å². The Bertz CT molecular complexity index is 283. The van der Waals surface area contributed by atoms with E-state index in [-0.39, 0.29) is 5.60 Å². The first-order valence-corrected chi connectivity index (χ1v) is 8.25. The van der Waals surface area contributed by atoms with Crippen molar-refractivity contribution in [1.29, 1.82) is 0 Å². The Morgan fingerprint density at radius 1 is 1.00 bits per heavy atom. The maximum Gasteiger partial charge on any atom is 0.0741 e. The zero-order valence-electron chi connectivity index (χ0n) is 12.3. The lowest BCUT2D eigenvalue weighted by atomic mass is 9.81. The lowest BCUT2D eigenvalue weighted by Gasteiger charge is -2.45. The van der Waals surface area contributed by atoms with Crippen LogP contribution in [-0.2, 0) is 9.47 Å². The summed E-state index contributed by atoms with van der Waals surface area (Å²) in [7, 11) is 0. The molecule has 2 saturated heterocycles. The average Bonchev–Trinajstić information content (AvgIpc) is 2.42. The van der Waals surface area contributed by atoms with E-state index in [1.807, 2.05) is 0 Å². The molecule has 19 heavy (non-hydrogen) atoms. The molecule has 1 N–H and O–H groups in total. The van der Waals surface area contributed by atoms with Crippen LogP contribution in [0.5, 0.6) is 0 Å². The highest BCUT2D eigenvalue weighted by molar-refractivity contribution is 4.93. The maximum atomic E-state index is 6.13. The molecule has 3 aliphatic rings. The molecule has 3 heteroatoms. The molecule has 0 radical (unpaired) electrons. The highest BCUT2D eigenvalue weighted by Crippen LogP contribution is 2.35. The van der Waals surface area contributed by atoms with Gasteiger partial charge in [-0.05, 0) is 44.4 Å². The number of hydrogen-bond acceptors (Lipinski definition) is 3. The Kier molecular flexibility index (Phi) is 4.45. The number of hydrogen-bond donors (Lipinski definition) is 1. The molecule has 0 aromatic rings. The Labute approximate surface area is 117 Å². The van der Waals surface area contributed by atoms with Gasteiger partial charge in [0.05, 0.1) is 5.60 Å². The first-order chi connectivity index (χ1) is 9.27. The molecule has 0 aromatic carbocycles. The number of ether oxygens (including phenoxy) is 2. The Morgan fingerprint density at radius 2 is 1.79 bits per heavy atom. The first-order valence-electron chi connectivity index (χ1n) is 8.25. The van der Waals surface area contributed by atoms with Crippen molar-refractivity contribution in [1.82, 2.24) is 5.32 Å². The third kappa shape index (κ3) is 3.32. The zero-order chi connectivity index (χ0) is 13.1. The SMILES string of the molecule is CC1CCCCC1NC1CCOC2(CCOCC2)C1. The molecule has 3 atom stereocenters. The van der Waals surface area contributed by atoms with Gasteiger partial charge < -0.3 is 14.8 Å². The van der Waals surface area contributed by atoms with Crippen molar-refractivity contribution >= 4 is 0 Å². The van der Waals surface area contributed by atoms with Crippen molar-refractivity contribution in [3.63, 3.8) is 0 Å². The van der Waals surface area contributed by atoms with Crippen LogP contribution >= 0.6 is 0 Å². The smallest absolute Gasteiger partial charge is 0.0741 e. The molecule has 0 amide bonds. The van der Waals surface area contributed by atoms with E-state index in [9.17, 15) is 0 Å².